The molecule has 1 N–H and O–H groups in total. The number of anilines is 1. The summed E-state index contributed by atoms with van der Waals surface area (Å²) in [6.07, 6.45) is 7.65. The fraction of sp³-hybridized carbons (Fsp3) is 0.688. The molecule has 0 spiro atoms. The molecule has 1 heterocycles. The lowest BCUT2D eigenvalue weighted by atomic mass is 9.80. The molecule has 18 heavy (non-hydrogen) atoms. The highest BCUT2D eigenvalue weighted by molar-refractivity contribution is 5.41. The van der Waals surface area contributed by atoms with Crippen molar-refractivity contribution in [2.24, 2.45) is 11.8 Å². The summed E-state index contributed by atoms with van der Waals surface area (Å²) in [6.45, 7) is 4.75. The Morgan fingerprint density at radius 3 is 2.61 bits per heavy atom. The average Bonchev–Trinajstić information content (AvgIpc) is 2.74. The van der Waals surface area contributed by atoms with Crippen LogP contribution in [0.3, 0.4) is 0 Å². The molecule has 2 heteroatoms. The third-order valence-electron chi connectivity index (χ3n) is 4.46. The second kappa shape index (κ2) is 4.91. The van der Waals surface area contributed by atoms with Crippen LogP contribution in [0.2, 0.25) is 0 Å². The second-order valence-corrected chi connectivity index (χ2v) is 6.41. The molecule has 0 amide bonds. The van der Waals surface area contributed by atoms with Gasteiger partial charge in [-0.1, -0.05) is 19.9 Å². The average molecular weight is 244 g/mol. The minimum absolute atomic E-state index is 0.621. The van der Waals surface area contributed by atoms with Gasteiger partial charge in [-0.05, 0) is 62.0 Å². The molecule has 1 fully saturated rings. The van der Waals surface area contributed by atoms with E-state index in [1.165, 1.54) is 49.8 Å². The van der Waals surface area contributed by atoms with Crippen molar-refractivity contribution < 1.29 is 0 Å². The molecule has 1 aromatic rings. The van der Waals surface area contributed by atoms with Crippen molar-refractivity contribution in [3.8, 4) is 0 Å². The van der Waals surface area contributed by atoms with Crippen molar-refractivity contribution >= 4 is 5.82 Å². The summed E-state index contributed by atoms with van der Waals surface area (Å²) in [4.78, 5) is 4.79. The monoisotopic (exact) mass is 244 g/mol. The van der Waals surface area contributed by atoms with Crippen molar-refractivity contribution in [1.29, 1.82) is 0 Å². The number of aryl methyl sites for hydroxylation is 2. The first kappa shape index (κ1) is 12.0. The lowest BCUT2D eigenvalue weighted by Crippen LogP contribution is -2.30. The van der Waals surface area contributed by atoms with Crippen molar-refractivity contribution in [2.75, 3.05) is 5.32 Å². The van der Waals surface area contributed by atoms with Crippen LogP contribution in [0.25, 0.3) is 0 Å². The molecule has 98 valence electrons. The lowest BCUT2D eigenvalue weighted by molar-refractivity contribution is 0.280. The van der Waals surface area contributed by atoms with E-state index < -0.39 is 0 Å². The SMILES string of the molecule is CC1CC(C)CC(Nc2ccc3c(n2)CCC3)C1. The molecule has 0 saturated heterocycles. The molecule has 2 nitrogen and oxygen atoms in total. The number of pyridine rings is 1. The standard InChI is InChI=1S/C16H24N2/c1-11-8-12(2)10-14(9-11)17-16-7-6-13-4-3-5-15(13)18-16/h6-7,11-12,14H,3-5,8-10H2,1-2H3,(H,17,18). The van der Waals surface area contributed by atoms with Crippen LogP contribution in [0.4, 0.5) is 5.82 Å². The van der Waals surface area contributed by atoms with E-state index in [1.807, 2.05) is 0 Å². The molecule has 1 aromatic heterocycles. The Bertz CT molecular complexity index is 417. The molecule has 2 aliphatic rings. The fourth-order valence-electron chi connectivity index (χ4n) is 3.77. The van der Waals surface area contributed by atoms with Gasteiger partial charge in [0.15, 0.2) is 0 Å². The number of fused-ring (bicyclic) bond motifs is 1. The quantitative estimate of drug-likeness (QED) is 0.855. The number of hydrogen-bond acceptors (Lipinski definition) is 2. The van der Waals surface area contributed by atoms with Crippen LogP contribution in [0.15, 0.2) is 12.1 Å². The van der Waals surface area contributed by atoms with Gasteiger partial charge < -0.3 is 5.32 Å². The molecule has 0 radical (unpaired) electrons. The Hall–Kier alpha value is -1.05. The highest BCUT2D eigenvalue weighted by atomic mass is 15.0. The first-order valence-corrected chi connectivity index (χ1v) is 7.46. The van der Waals surface area contributed by atoms with Crippen molar-refractivity contribution in [3.05, 3.63) is 23.4 Å². The predicted molar refractivity (Wildman–Crippen MR) is 75.9 cm³/mol. The highest BCUT2D eigenvalue weighted by Gasteiger charge is 2.24. The molecule has 2 atom stereocenters. The third-order valence-corrected chi connectivity index (χ3v) is 4.46. The summed E-state index contributed by atoms with van der Waals surface area (Å²) in [6, 6.07) is 5.07. The van der Waals surface area contributed by atoms with Gasteiger partial charge in [-0.2, -0.15) is 0 Å². The fourth-order valence-corrected chi connectivity index (χ4v) is 3.77. The first-order valence-electron chi connectivity index (χ1n) is 7.46. The molecule has 0 aliphatic heterocycles. The molecule has 3 rings (SSSR count). The molecular weight excluding hydrogens is 220 g/mol. The predicted octanol–water partition coefficient (Wildman–Crippen LogP) is 3.81. The van der Waals surface area contributed by atoms with Gasteiger partial charge in [-0.15, -0.1) is 0 Å². The van der Waals surface area contributed by atoms with Gasteiger partial charge >= 0.3 is 0 Å². The Kier molecular flexibility index (Phi) is 3.27. The summed E-state index contributed by atoms with van der Waals surface area (Å²) in [5.74, 6) is 2.79. The molecule has 1 saturated carbocycles. The van der Waals surface area contributed by atoms with E-state index >= 15 is 0 Å². The van der Waals surface area contributed by atoms with E-state index in [0.717, 1.165) is 17.7 Å². The van der Waals surface area contributed by atoms with Crippen LogP contribution < -0.4 is 5.32 Å². The lowest BCUT2D eigenvalue weighted by Gasteiger charge is -2.32. The second-order valence-electron chi connectivity index (χ2n) is 6.41. The number of nitrogens with one attached hydrogen (secondary N) is 1. The van der Waals surface area contributed by atoms with Crippen LogP contribution in [0.5, 0.6) is 0 Å². The number of rotatable bonds is 2. The Balaban J connectivity index is 1.69. The van der Waals surface area contributed by atoms with Crippen molar-refractivity contribution in [2.45, 2.75) is 58.4 Å². The molecule has 2 aliphatic carbocycles. The Morgan fingerprint density at radius 2 is 1.83 bits per heavy atom. The molecule has 2 unspecified atom stereocenters. The molecule has 0 bridgehead atoms. The van der Waals surface area contributed by atoms with Gasteiger partial charge in [0, 0.05) is 11.7 Å². The van der Waals surface area contributed by atoms with Crippen LogP contribution in [0.1, 0.15) is 50.8 Å². The Morgan fingerprint density at radius 1 is 1.06 bits per heavy atom. The van der Waals surface area contributed by atoms with E-state index in [4.69, 9.17) is 4.98 Å². The minimum Gasteiger partial charge on any atom is -0.367 e. The van der Waals surface area contributed by atoms with Crippen LogP contribution in [0, 0.1) is 11.8 Å². The number of aromatic nitrogens is 1. The van der Waals surface area contributed by atoms with E-state index in [0.29, 0.717) is 6.04 Å². The number of nitrogens with zero attached hydrogens (tertiary/aromatic N) is 1. The summed E-state index contributed by atoms with van der Waals surface area (Å²) < 4.78 is 0. The Labute approximate surface area is 110 Å². The molecular formula is C16H24N2. The summed E-state index contributed by atoms with van der Waals surface area (Å²) in [5, 5.41) is 3.66. The summed E-state index contributed by atoms with van der Waals surface area (Å²) in [7, 11) is 0. The van der Waals surface area contributed by atoms with Crippen molar-refractivity contribution in [3.63, 3.8) is 0 Å². The van der Waals surface area contributed by atoms with Crippen LogP contribution >= 0.6 is 0 Å². The van der Waals surface area contributed by atoms with Crippen LogP contribution in [-0.2, 0) is 12.8 Å². The topological polar surface area (TPSA) is 24.9 Å². The van der Waals surface area contributed by atoms with Crippen molar-refractivity contribution in [1.82, 2.24) is 4.98 Å². The minimum atomic E-state index is 0.621. The maximum absolute atomic E-state index is 4.79. The normalized spacial score (nSPS) is 31.1. The third kappa shape index (κ3) is 2.52. The smallest absolute Gasteiger partial charge is 0.126 e. The van der Waals surface area contributed by atoms with E-state index in [1.54, 1.807) is 0 Å². The number of hydrogen-bond donors (Lipinski definition) is 1. The van der Waals surface area contributed by atoms with Crippen LogP contribution in [-0.4, -0.2) is 11.0 Å². The maximum Gasteiger partial charge on any atom is 0.126 e. The van der Waals surface area contributed by atoms with Gasteiger partial charge in [-0.25, -0.2) is 4.98 Å². The summed E-state index contributed by atoms with van der Waals surface area (Å²) in [5.41, 5.74) is 2.79. The van der Waals surface area contributed by atoms with E-state index in [2.05, 4.69) is 31.3 Å². The molecule has 0 aromatic carbocycles. The first-order chi connectivity index (χ1) is 8.70. The zero-order chi connectivity index (χ0) is 12.5. The van der Waals surface area contributed by atoms with Gasteiger partial charge in [0.2, 0.25) is 0 Å². The highest BCUT2D eigenvalue weighted by Crippen LogP contribution is 2.30. The largest absolute Gasteiger partial charge is 0.367 e. The van der Waals surface area contributed by atoms with E-state index in [-0.39, 0.29) is 0 Å². The van der Waals surface area contributed by atoms with Gasteiger partial charge in [0.05, 0.1) is 0 Å². The zero-order valence-electron chi connectivity index (χ0n) is 11.6. The van der Waals surface area contributed by atoms with Gasteiger partial charge in [0.1, 0.15) is 5.82 Å². The summed E-state index contributed by atoms with van der Waals surface area (Å²) >= 11 is 0. The maximum atomic E-state index is 4.79. The van der Waals surface area contributed by atoms with E-state index in [9.17, 15) is 0 Å². The zero-order valence-corrected chi connectivity index (χ0v) is 11.6. The van der Waals surface area contributed by atoms with Gasteiger partial charge in [0.25, 0.3) is 0 Å². The van der Waals surface area contributed by atoms with Gasteiger partial charge in [-0.3, -0.25) is 0 Å².